The summed E-state index contributed by atoms with van der Waals surface area (Å²) in [5.41, 5.74) is 0. The number of hydrogen-bond acceptors (Lipinski definition) is 1. The molecular weight excluding hydrogens is 99.5 g/mol. The number of carbonyl (C=O) groups is 1. The Labute approximate surface area is 42.3 Å². The highest BCUT2D eigenvalue weighted by atomic mass is 35.5. The van der Waals surface area contributed by atoms with Crippen LogP contribution in [0.15, 0.2) is 0 Å². The maximum Gasteiger partial charge on any atom is 0.131 e. The summed E-state index contributed by atoms with van der Waals surface area (Å²) in [5.74, 6) is 0.611. The molecule has 0 aliphatic carbocycles. The van der Waals surface area contributed by atoms with Gasteiger partial charge in [-0.15, -0.1) is 11.6 Å². The summed E-state index contributed by atoms with van der Waals surface area (Å²) in [4.78, 5) is 9.96. The molecule has 6 heavy (non-hydrogen) atoms. The SMILES string of the molecule is CC(=O)CCCl. The van der Waals surface area contributed by atoms with Crippen molar-refractivity contribution in [3.05, 3.63) is 0 Å². The number of alkyl halides is 1. The van der Waals surface area contributed by atoms with Gasteiger partial charge in [0.05, 0.1) is 0 Å². The summed E-state index contributed by atoms with van der Waals surface area (Å²) in [7, 11) is 0. The zero-order valence-electron chi connectivity index (χ0n) is 3.70. The molecule has 0 aliphatic heterocycles. The Kier molecular flexibility index (Phi) is 3.14. The standard InChI is InChI=1S/C4H7ClO/c1-4(6)2-3-5/h2-3H2,1H3. The van der Waals surface area contributed by atoms with E-state index in [1.54, 1.807) is 0 Å². The highest BCUT2D eigenvalue weighted by Gasteiger charge is 1.85. The molecule has 0 N–H and O–H groups in total. The Bertz CT molecular complexity index is 51.5. The molecule has 0 saturated heterocycles. The average Bonchev–Trinajstić information content (AvgIpc) is 1.35. The molecule has 2 heteroatoms. The third kappa shape index (κ3) is 3.96. The molecule has 0 saturated carbocycles. The summed E-state index contributed by atoms with van der Waals surface area (Å²) in [6.45, 7) is 1.53. The molecule has 1 nitrogen and oxygen atoms in total. The maximum absolute atomic E-state index is 9.96. The monoisotopic (exact) mass is 106 g/mol. The predicted molar refractivity (Wildman–Crippen MR) is 26.0 cm³/mol. The molecule has 36 valence electrons. The number of rotatable bonds is 2. The highest BCUT2D eigenvalue weighted by Crippen LogP contribution is 1.82. The second-order valence-corrected chi connectivity index (χ2v) is 1.52. The van der Waals surface area contributed by atoms with Gasteiger partial charge in [0.25, 0.3) is 0 Å². The van der Waals surface area contributed by atoms with Crippen LogP contribution in [0, 0.1) is 0 Å². The number of halogens is 1. The van der Waals surface area contributed by atoms with E-state index in [-0.39, 0.29) is 5.78 Å². The van der Waals surface area contributed by atoms with Crippen LogP contribution in [0.5, 0.6) is 0 Å². The molecule has 0 aromatic carbocycles. The Hall–Kier alpha value is -0.0400. The van der Waals surface area contributed by atoms with Crippen molar-refractivity contribution < 1.29 is 4.79 Å². The van der Waals surface area contributed by atoms with Gasteiger partial charge in [-0.25, -0.2) is 0 Å². The molecule has 0 spiro atoms. The third-order valence-corrected chi connectivity index (χ3v) is 0.636. The largest absolute Gasteiger partial charge is 0.300 e. The van der Waals surface area contributed by atoms with Crippen LogP contribution in [0.4, 0.5) is 0 Å². The van der Waals surface area contributed by atoms with Gasteiger partial charge >= 0.3 is 0 Å². The highest BCUT2D eigenvalue weighted by molar-refractivity contribution is 6.18. The molecule has 0 unspecified atom stereocenters. The number of hydrogen-bond donors (Lipinski definition) is 0. The lowest BCUT2D eigenvalue weighted by atomic mass is 10.4. The van der Waals surface area contributed by atoms with Gasteiger partial charge in [0, 0.05) is 12.3 Å². The zero-order valence-corrected chi connectivity index (χ0v) is 4.46. The second-order valence-electron chi connectivity index (χ2n) is 1.14. The maximum atomic E-state index is 9.96. The van der Waals surface area contributed by atoms with E-state index in [1.165, 1.54) is 6.92 Å². The topological polar surface area (TPSA) is 17.1 Å². The number of ketones is 1. The van der Waals surface area contributed by atoms with Crippen molar-refractivity contribution in [2.24, 2.45) is 0 Å². The van der Waals surface area contributed by atoms with Crippen molar-refractivity contribution in [2.75, 3.05) is 5.88 Å². The van der Waals surface area contributed by atoms with Crippen molar-refractivity contribution in [1.29, 1.82) is 0 Å². The molecule has 0 amide bonds. The summed E-state index contributed by atoms with van der Waals surface area (Å²) < 4.78 is 0. The van der Waals surface area contributed by atoms with E-state index in [4.69, 9.17) is 11.6 Å². The molecule has 0 aromatic heterocycles. The van der Waals surface area contributed by atoms with Crippen LogP contribution in [-0.2, 0) is 4.79 Å². The molecule has 0 radical (unpaired) electrons. The van der Waals surface area contributed by atoms with Gasteiger partial charge in [-0.05, 0) is 6.92 Å². The normalized spacial score (nSPS) is 8.33. The van der Waals surface area contributed by atoms with Crippen LogP contribution < -0.4 is 0 Å². The lowest BCUT2D eigenvalue weighted by molar-refractivity contribution is -0.116. The van der Waals surface area contributed by atoms with Crippen LogP contribution in [0.25, 0.3) is 0 Å². The zero-order chi connectivity index (χ0) is 4.99. The first-order valence-electron chi connectivity index (χ1n) is 1.82. The average molecular weight is 107 g/mol. The van der Waals surface area contributed by atoms with Crippen molar-refractivity contribution in [3.8, 4) is 0 Å². The Morgan fingerprint density at radius 3 is 2.33 bits per heavy atom. The van der Waals surface area contributed by atoms with Crippen molar-refractivity contribution in [2.45, 2.75) is 13.3 Å². The molecule has 0 atom stereocenters. The Morgan fingerprint density at radius 2 is 2.33 bits per heavy atom. The minimum atomic E-state index is 0.157. The first-order valence-corrected chi connectivity index (χ1v) is 2.36. The van der Waals surface area contributed by atoms with Crippen LogP contribution >= 0.6 is 11.6 Å². The van der Waals surface area contributed by atoms with Gasteiger partial charge in [0.15, 0.2) is 0 Å². The van der Waals surface area contributed by atoms with E-state index >= 15 is 0 Å². The quantitative estimate of drug-likeness (QED) is 0.484. The summed E-state index contributed by atoms with van der Waals surface area (Å²) in [6.07, 6.45) is 0.502. The molecule has 0 bridgehead atoms. The fourth-order valence-corrected chi connectivity index (χ4v) is 0.399. The van der Waals surface area contributed by atoms with E-state index in [0.29, 0.717) is 12.3 Å². The Balaban J connectivity index is 2.83. The lowest BCUT2D eigenvalue weighted by Gasteiger charge is -1.79. The van der Waals surface area contributed by atoms with E-state index in [2.05, 4.69) is 0 Å². The first kappa shape index (κ1) is 5.96. The molecule has 0 fully saturated rings. The first-order chi connectivity index (χ1) is 2.77. The minimum absolute atomic E-state index is 0.157. The van der Waals surface area contributed by atoms with Crippen LogP contribution in [-0.4, -0.2) is 11.7 Å². The van der Waals surface area contributed by atoms with Gasteiger partial charge in [0.1, 0.15) is 5.78 Å². The molecular formula is C4H7ClO. The predicted octanol–water partition coefficient (Wildman–Crippen LogP) is 1.20. The van der Waals surface area contributed by atoms with E-state index in [9.17, 15) is 4.79 Å². The van der Waals surface area contributed by atoms with E-state index < -0.39 is 0 Å². The second kappa shape index (κ2) is 3.16. The van der Waals surface area contributed by atoms with Gasteiger partial charge < -0.3 is 0 Å². The van der Waals surface area contributed by atoms with E-state index in [1.807, 2.05) is 0 Å². The van der Waals surface area contributed by atoms with Gasteiger partial charge in [-0.2, -0.15) is 0 Å². The van der Waals surface area contributed by atoms with Gasteiger partial charge in [-0.3, -0.25) is 4.79 Å². The lowest BCUT2D eigenvalue weighted by Crippen LogP contribution is -1.87. The number of carbonyl (C=O) groups excluding carboxylic acids is 1. The van der Waals surface area contributed by atoms with Crippen LogP contribution in [0.1, 0.15) is 13.3 Å². The Morgan fingerprint density at radius 1 is 1.83 bits per heavy atom. The smallest absolute Gasteiger partial charge is 0.131 e. The van der Waals surface area contributed by atoms with E-state index in [0.717, 1.165) is 0 Å². The third-order valence-electron chi connectivity index (χ3n) is 0.447. The van der Waals surface area contributed by atoms with Crippen molar-refractivity contribution in [1.82, 2.24) is 0 Å². The molecule has 0 aliphatic rings. The summed E-state index contributed by atoms with van der Waals surface area (Å²) in [6, 6.07) is 0. The fourth-order valence-electron chi connectivity index (χ4n) is 0.133. The minimum Gasteiger partial charge on any atom is -0.300 e. The van der Waals surface area contributed by atoms with Crippen molar-refractivity contribution in [3.63, 3.8) is 0 Å². The van der Waals surface area contributed by atoms with Gasteiger partial charge in [0.2, 0.25) is 0 Å². The summed E-state index contributed by atoms with van der Waals surface area (Å²) >= 11 is 5.18. The molecule has 0 heterocycles. The van der Waals surface area contributed by atoms with Crippen LogP contribution in [0.3, 0.4) is 0 Å². The summed E-state index contributed by atoms with van der Waals surface area (Å²) in [5, 5.41) is 0. The van der Waals surface area contributed by atoms with Crippen LogP contribution in [0.2, 0.25) is 0 Å². The molecule has 0 aromatic rings. The number of Topliss-reactive ketones (excluding diaryl/α,β-unsaturated/α-hetero) is 1. The van der Waals surface area contributed by atoms with Crippen molar-refractivity contribution >= 4 is 17.4 Å². The fraction of sp³-hybridized carbons (Fsp3) is 0.750. The molecule has 0 rings (SSSR count). The van der Waals surface area contributed by atoms with Gasteiger partial charge in [-0.1, -0.05) is 0 Å².